The van der Waals surface area contributed by atoms with Crippen LogP contribution in [0.5, 0.6) is 0 Å². The normalized spacial score (nSPS) is 11.0. The highest BCUT2D eigenvalue weighted by Gasteiger charge is 2.25. The van der Waals surface area contributed by atoms with E-state index in [2.05, 4.69) is 94.7 Å². The Labute approximate surface area is 267 Å². The molecular weight excluding hydrogens is 560 g/mol. The van der Waals surface area contributed by atoms with Crippen LogP contribution in [0.1, 0.15) is 11.1 Å². The van der Waals surface area contributed by atoms with Crippen molar-refractivity contribution in [2.24, 2.45) is 0 Å². The van der Waals surface area contributed by atoms with Gasteiger partial charge in [0, 0.05) is 33.5 Å². The zero-order valence-electron chi connectivity index (χ0n) is 24.8. The molecule has 4 heteroatoms. The van der Waals surface area contributed by atoms with E-state index in [9.17, 15) is 10.5 Å². The molecule has 0 radical (unpaired) electrons. The summed E-state index contributed by atoms with van der Waals surface area (Å²) in [7, 11) is 0. The molecule has 0 bridgehead atoms. The second-order valence-corrected chi connectivity index (χ2v) is 11.2. The molecule has 0 unspecified atom stereocenters. The minimum absolute atomic E-state index is 0.590. The standard InChI is InChI=1S/C42H26N4/c43-27-31-25-29-21-22-30-26-32(28-44)42(46(35-17-9-3-10-18-35)36-19-11-4-12-20-36)38-24-23-37(39(29)40(30)38)41(31)45(33-13-5-1-6-14-33)34-15-7-2-8-16-34/h1-26H. The van der Waals surface area contributed by atoms with E-state index in [1.807, 2.05) is 84.9 Å². The smallest absolute Gasteiger partial charge is 0.101 e. The molecule has 8 aromatic carbocycles. The van der Waals surface area contributed by atoms with Crippen molar-refractivity contribution in [1.29, 1.82) is 10.5 Å². The Morgan fingerprint density at radius 3 is 0.957 bits per heavy atom. The third-order valence-corrected chi connectivity index (χ3v) is 8.59. The van der Waals surface area contributed by atoms with E-state index in [-0.39, 0.29) is 0 Å². The second-order valence-electron chi connectivity index (χ2n) is 11.2. The van der Waals surface area contributed by atoms with Gasteiger partial charge in [-0.2, -0.15) is 10.5 Å². The molecule has 4 nitrogen and oxygen atoms in total. The Hall–Kier alpha value is -6.62. The molecule has 0 aliphatic heterocycles. The molecule has 0 heterocycles. The van der Waals surface area contributed by atoms with E-state index >= 15 is 0 Å². The van der Waals surface area contributed by atoms with Crippen LogP contribution in [0.25, 0.3) is 32.3 Å². The molecule has 0 aliphatic carbocycles. The van der Waals surface area contributed by atoms with Crippen LogP contribution < -0.4 is 9.80 Å². The summed E-state index contributed by atoms with van der Waals surface area (Å²) in [5, 5.41) is 27.2. The number of hydrogen-bond acceptors (Lipinski definition) is 4. The molecule has 8 rings (SSSR count). The van der Waals surface area contributed by atoms with Crippen molar-refractivity contribution < 1.29 is 0 Å². The average molecular weight is 587 g/mol. The molecule has 0 amide bonds. The molecule has 0 aliphatic rings. The summed E-state index contributed by atoms with van der Waals surface area (Å²) in [5.41, 5.74) is 6.70. The second kappa shape index (κ2) is 11.1. The monoisotopic (exact) mass is 586 g/mol. The number of nitrogens with zero attached hydrogens (tertiary/aromatic N) is 4. The molecule has 0 N–H and O–H groups in total. The lowest BCUT2D eigenvalue weighted by Gasteiger charge is -2.30. The van der Waals surface area contributed by atoms with E-state index in [0.29, 0.717) is 11.1 Å². The van der Waals surface area contributed by atoms with Crippen LogP contribution in [-0.2, 0) is 0 Å². The first-order chi connectivity index (χ1) is 22.8. The maximum atomic E-state index is 10.6. The number of anilines is 6. The number of para-hydroxylation sites is 4. The van der Waals surface area contributed by atoms with Crippen molar-refractivity contribution in [2.75, 3.05) is 9.80 Å². The fourth-order valence-electron chi connectivity index (χ4n) is 6.70. The van der Waals surface area contributed by atoms with Crippen molar-refractivity contribution in [1.82, 2.24) is 0 Å². The maximum absolute atomic E-state index is 10.6. The summed E-state index contributed by atoms with van der Waals surface area (Å²) >= 11 is 0. The highest BCUT2D eigenvalue weighted by molar-refractivity contribution is 6.29. The van der Waals surface area contributed by atoms with Gasteiger partial charge in [0.2, 0.25) is 0 Å². The highest BCUT2D eigenvalue weighted by atomic mass is 15.2. The maximum Gasteiger partial charge on any atom is 0.101 e. The minimum Gasteiger partial charge on any atom is -0.309 e. The van der Waals surface area contributed by atoms with Gasteiger partial charge in [0.15, 0.2) is 0 Å². The predicted molar refractivity (Wildman–Crippen MR) is 189 cm³/mol. The highest BCUT2D eigenvalue weighted by Crippen LogP contribution is 2.49. The molecule has 0 spiro atoms. The molecule has 214 valence electrons. The van der Waals surface area contributed by atoms with Gasteiger partial charge in [-0.05, 0) is 82.2 Å². The van der Waals surface area contributed by atoms with Gasteiger partial charge in [-0.15, -0.1) is 0 Å². The molecule has 46 heavy (non-hydrogen) atoms. The van der Waals surface area contributed by atoms with E-state index < -0.39 is 0 Å². The Bertz CT molecular complexity index is 2170. The summed E-state index contributed by atoms with van der Waals surface area (Å²) < 4.78 is 0. The van der Waals surface area contributed by atoms with Crippen LogP contribution in [-0.4, -0.2) is 0 Å². The predicted octanol–water partition coefficient (Wildman–Crippen LogP) is 11.3. The van der Waals surface area contributed by atoms with E-state index in [4.69, 9.17) is 0 Å². The largest absolute Gasteiger partial charge is 0.309 e. The summed E-state index contributed by atoms with van der Waals surface area (Å²) in [5.74, 6) is 0. The lowest BCUT2D eigenvalue weighted by Crippen LogP contribution is -2.13. The average Bonchev–Trinajstić information content (AvgIpc) is 3.13. The molecule has 0 saturated carbocycles. The lowest BCUT2D eigenvalue weighted by molar-refractivity contribution is 1.28. The van der Waals surface area contributed by atoms with Gasteiger partial charge in [0.25, 0.3) is 0 Å². The summed E-state index contributed by atoms with van der Waals surface area (Å²) in [6.07, 6.45) is 0. The lowest BCUT2D eigenvalue weighted by atomic mass is 9.88. The van der Waals surface area contributed by atoms with E-state index in [1.165, 1.54) is 0 Å². The molecule has 8 aromatic rings. The van der Waals surface area contributed by atoms with Gasteiger partial charge in [0.1, 0.15) is 12.1 Å². The zero-order valence-corrected chi connectivity index (χ0v) is 24.8. The number of hydrogen-bond donors (Lipinski definition) is 0. The van der Waals surface area contributed by atoms with Gasteiger partial charge in [-0.3, -0.25) is 0 Å². The number of nitriles is 2. The van der Waals surface area contributed by atoms with Gasteiger partial charge < -0.3 is 9.80 Å². The van der Waals surface area contributed by atoms with Gasteiger partial charge in [0.05, 0.1) is 22.5 Å². The van der Waals surface area contributed by atoms with E-state index in [0.717, 1.165) is 66.4 Å². The molecule has 0 aromatic heterocycles. The Morgan fingerprint density at radius 2 is 0.674 bits per heavy atom. The van der Waals surface area contributed by atoms with Crippen LogP contribution in [0.15, 0.2) is 158 Å². The topological polar surface area (TPSA) is 54.1 Å². The van der Waals surface area contributed by atoms with E-state index in [1.54, 1.807) is 0 Å². The first-order valence-electron chi connectivity index (χ1n) is 15.2. The Kier molecular flexibility index (Phi) is 6.53. The van der Waals surface area contributed by atoms with Gasteiger partial charge in [-0.25, -0.2) is 0 Å². The molecule has 0 atom stereocenters. The quantitative estimate of drug-likeness (QED) is 0.182. The number of benzene rings is 8. The third-order valence-electron chi connectivity index (χ3n) is 8.59. The van der Waals surface area contributed by atoms with Gasteiger partial charge >= 0.3 is 0 Å². The van der Waals surface area contributed by atoms with Crippen LogP contribution in [0, 0.1) is 22.7 Å². The fraction of sp³-hybridized carbons (Fsp3) is 0. The van der Waals surface area contributed by atoms with Crippen molar-refractivity contribution >= 4 is 66.4 Å². The first-order valence-corrected chi connectivity index (χ1v) is 15.2. The van der Waals surface area contributed by atoms with Crippen LogP contribution >= 0.6 is 0 Å². The summed E-state index contributed by atoms with van der Waals surface area (Å²) in [6.45, 7) is 0. The zero-order chi connectivity index (χ0) is 31.0. The van der Waals surface area contributed by atoms with Crippen LogP contribution in [0.4, 0.5) is 34.1 Å². The molecule has 0 fully saturated rings. The van der Waals surface area contributed by atoms with Crippen LogP contribution in [0.3, 0.4) is 0 Å². The molecular formula is C42H26N4. The van der Waals surface area contributed by atoms with Crippen molar-refractivity contribution in [3.63, 3.8) is 0 Å². The van der Waals surface area contributed by atoms with Gasteiger partial charge in [-0.1, -0.05) is 97.1 Å². The Balaban J connectivity index is 1.50. The minimum atomic E-state index is 0.590. The summed E-state index contributed by atoms with van der Waals surface area (Å²) in [4.78, 5) is 4.35. The van der Waals surface area contributed by atoms with Crippen molar-refractivity contribution in [2.45, 2.75) is 0 Å². The fourth-order valence-corrected chi connectivity index (χ4v) is 6.70. The number of rotatable bonds is 6. The SMILES string of the molecule is N#Cc1cc2ccc3cc(C#N)c(N(c4ccccc4)c4ccccc4)c4ccc(c1N(c1ccccc1)c1ccccc1)c2c34. The first kappa shape index (κ1) is 27.0. The van der Waals surface area contributed by atoms with Crippen molar-refractivity contribution in [3.05, 3.63) is 169 Å². The molecule has 0 saturated heterocycles. The third kappa shape index (κ3) is 4.29. The van der Waals surface area contributed by atoms with Crippen molar-refractivity contribution in [3.8, 4) is 12.1 Å². The Morgan fingerprint density at radius 1 is 0.370 bits per heavy atom. The van der Waals surface area contributed by atoms with Crippen LogP contribution in [0.2, 0.25) is 0 Å². The summed E-state index contributed by atoms with van der Waals surface area (Å²) in [6, 6.07) is 58.1.